The van der Waals surface area contributed by atoms with E-state index in [-0.39, 0.29) is 30.5 Å². The molecular weight excluding hydrogens is 500 g/mol. The maximum absolute atomic E-state index is 13.3. The number of carbonyl (C=O) groups is 2. The van der Waals surface area contributed by atoms with Gasteiger partial charge >= 0.3 is 5.69 Å². The molecule has 2 aromatic carbocycles. The number of aromatic nitrogens is 2. The van der Waals surface area contributed by atoms with E-state index in [9.17, 15) is 19.2 Å². The van der Waals surface area contributed by atoms with Crippen molar-refractivity contribution in [3.63, 3.8) is 0 Å². The second-order valence-electron chi connectivity index (χ2n) is 9.38. The third-order valence-corrected chi connectivity index (χ3v) is 7.44. The molecular formula is C29H32N4O4S. The van der Waals surface area contributed by atoms with Gasteiger partial charge < -0.3 is 10.6 Å². The molecule has 0 unspecified atom stereocenters. The van der Waals surface area contributed by atoms with Crippen molar-refractivity contribution in [2.45, 2.75) is 59.2 Å². The average Bonchev–Trinajstić information content (AvgIpc) is 3.40. The second kappa shape index (κ2) is 12.5. The molecule has 4 aromatic rings. The smallest absolute Gasteiger partial charge is 0.332 e. The van der Waals surface area contributed by atoms with Crippen LogP contribution >= 0.6 is 11.3 Å². The van der Waals surface area contributed by atoms with E-state index < -0.39 is 5.69 Å². The van der Waals surface area contributed by atoms with Crippen LogP contribution < -0.4 is 21.9 Å². The largest absolute Gasteiger partial charge is 0.352 e. The van der Waals surface area contributed by atoms with Crippen LogP contribution in [-0.2, 0) is 29.2 Å². The Morgan fingerprint density at radius 2 is 1.66 bits per heavy atom. The molecule has 2 heterocycles. The van der Waals surface area contributed by atoms with Crippen molar-refractivity contribution < 1.29 is 9.59 Å². The van der Waals surface area contributed by atoms with Crippen molar-refractivity contribution in [2.75, 3.05) is 5.32 Å². The van der Waals surface area contributed by atoms with E-state index >= 15 is 0 Å². The molecule has 0 saturated carbocycles. The lowest BCUT2D eigenvalue weighted by atomic mass is 10.1. The first-order valence-corrected chi connectivity index (χ1v) is 13.6. The topological polar surface area (TPSA) is 102 Å². The third-order valence-electron chi connectivity index (χ3n) is 6.55. The molecule has 198 valence electrons. The first-order chi connectivity index (χ1) is 18.3. The van der Waals surface area contributed by atoms with E-state index in [1.165, 1.54) is 20.5 Å². The lowest BCUT2D eigenvalue weighted by Crippen LogP contribution is -2.41. The first-order valence-electron chi connectivity index (χ1n) is 12.7. The molecule has 0 aliphatic rings. The Bertz CT molecular complexity index is 1550. The maximum atomic E-state index is 13.3. The maximum Gasteiger partial charge on any atom is 0.332 e. The number of nitrogens with one attached hydrogen (secondary N) is 2. The molecule has 2 amide bonds. The summed E-state index contributed by atoms with van der Waals surface area (Å²) in [4.78, 5) is 51.2. The number of hydrogen-bond donors (Lipinski definition) is 2. The highest BCUT2D eigenvalue weighted by Gasteiger charge is 2.16. The van der Waals surface area contributed by atoms with Gasteiger partial charge in [-0.1, -0.05) is 42.8 Å². The third kappa shape index (κ3) is 6.66. The predicted molar refractivity (Wildman–Crippen MR) is 152 cm³/mol. The minimum atomic E-state index is -0.503. The summed E-state index contributed by atoms with van der Waals surface area (Å²) < 4.78 is 3.02. The van der Waals surface area contributed by atoms with Crippen molar-refractivity contribution in [1.29, 1.82) is 0 Å². The molecule has 38 heavy (non-hydrogen) atoms. The Morgan fingerprint density at radius 1 is 0.868 bits per heavy atom. The van der Waals surface area contributed by atoms with Gasteiger partial charge in [0.1, 0.15) is 11.2 Å². The molecule has 0 spiro atoms. The summed E-state index contributed by atoms with van der Waals surface area (Å²) >= 11 is 1.26. The quantitative estimate of drug-likeness (QED) is 0.280. The summed E-state index contributed by atoms with van der Waals surface area (Å²) in [5.41, 5.74) is 3.51. The summed E-state index contributed by atoms with van der Waals surface area (Å²) in [6.45, 7) is 4.50. The number of aryl methyl sites for hydroxylation is 2. The van der Waals surface area contributed by atoms with E-state index in [4.69, 9.17) is 0 Å². The Balaban J connectivity index is 1.36. The summed E-state index contributed by atoms with van der Waals surface area (Å²) in [5, 5.41) is 7.51. The number of unbranched alkanes of at least 4 members (excludes halogenated alkanes) is 2. The molecule has 8 nitrogen and oxygen atoms in total. The monoisotopic (exact) mass is 532 g/mol. The molecule has 0 fully saturated rings. The first kappa shape index (κ1) is 27.1. The number of benzene rings is 2. The van der Waals surface area contributed by atoms with Gasteiger partial charge in [-0.2, -0.15) is 0 Å². The summed E-state index contributed by atoms with van der Waals surface area (Å²) in [6.07, 6.45) is 2.31. The van der Waals surface area contributed by atoms with Crippen LogP contribution in [-0.4, -0.2) is 20.9 Å². The summed E-state index contributed by atoms with van der Waals surface area (Å²) in [5.74, 6) is -0.363. The van der Waals surface area contributed by atoms with E-state index in [2.05, 4.69) is 10.6 Å². The fraction of sp³-hybridized carbons (Fsp3) is 0.310. The van der Waals surface area contributed by atoms with E-state index in [1.54, 1.807) is 11.4 Å². The van der Waals surface area contributed by atoms with Gasteiger partial charge in [-0.15, -0.1) is 11.3 Å². The minimum Gasteiger partial charge on any atom is -0.352 e. The predicted octanol–water partition coefficient (Wildman–Crippen LogP) is 4.36. The van der Waals surface area contributed by atoms with Gasteiger partial charge in [0, 0.05) is 25.2 Å². The second-order valence-corrected chi connectivity index (χ2v) is 10.3. The van der Waals surface area contributed by atoms with Crippen LogP contribution in [0.3, 0.4) is 0 Å². The number of thiophene rings is 1. The van der Waals surface area contributed by atoms with Crippen LogP contribution in [0.1, 0.15) is 42.4 Å². The molecule has 0 bridgehead atoms. The molecule has 9 heteroatoms. The van der Waals surface area contributed by atoms with Crippen LogP contribution in [0.4, 0.5) is 5.69 Å². The molecule has 0 saturated heterocycles. The number of anilines is 1. The van der Waals surface area contributed by atoms with Crippen LogP contribution in [0.15, 0.2) is 69.6 Å². The number of hydrogen-bond acceptors (Lipinski definition) is 5. The van der Waals surface area contributed by atoms with Crippen LogP contribution in [0.2, 0.25) is 0 Å². The zero-order valence-electron chi connectivity index (χ0n) is 21.7. The number of carbonyl (C=O) groups excluding carboxylic acids is 2. The van der Waals surface area contributed by atoms with Crippen molar-refractivity contribution in [3.05, 3.63) is 97.5 Å². The fourth-order valence-electron chi connectivity index (χ4n) is 4.26. The molecule has 0 atom stereocenters. The van der Waals surface area contributed by atoms with E-state index in [1.807, 2.05) is 62.4 Å². The Hall–Kier alpha value is -3.98. The lowest BCUT2D eigenvalue weighted by molar-refractivity contribution is -0.121. The molecule has 0 aliphatic heterocycles. The van der Waals surface area contributed by atoms with Crippen molar-refractivity contribution in [3.8, 4) is 0 Å². The Kier molecular flexibility index (Phi) is 8.91. The summed E-state index contributed by atoms with van der Waals surface area (Å²) in [7, 11) is 0. The van der Waals surface area contributed by atoms with Gasteiger partial charge in [-0.25, -0.2) is 4.79 Å². The summed E-state index contributed by atoms with van der Waals surface area (Å²) in [6, 6.07) is 17.1. The van der Waals surface area contributed by atoms with Crippen molar-refractivity contribution in [1.82, 2.24) is 14.5 Å². The Morgan fingerprint density at radius 3 is 2.42 bits per heavy atom. The zero-order valence-corrected chi connectivity index (χ0v) is 22.5. The molecule has 0 radical (unpaired) electrons. The molecule has 2 aromatic heterocycles. The lowest BCUT2D eigenvalue weighted by Gasteiger charge is -2.13. The Labute approximate surface area is 224 Å². The molecule has 0 aliphatic carbocycles. The van der Waals surface area contributed by atoms with Crippen LogP contribution in [0.25, 0.3) is 10.2 Å². The fourth-order valence-corrected chi connectivity index (χ4v) is 5.11. The highest BCUT2D eigenvalue weighted by molar-refractivity contribution is 7.17. The number of rotatable bonds is 11. The van der Waals surface area contributed by atoms with E-state index in [0.29, 0.717) is 48.1 Å². The van der Waals surface area contributed by atoms with Crippen molar-refractivity contribution in [2.24, 2.45) is 0 Å². The van der Waals surface area contributed by atoms with Gasteiger partial charge in [0.05, 0.1) is 5.52 Å². The molecule has 2 N–H and O–H groups in total. The number of amides is 2. The minimum absolute atomic E-state index is 0.0248. The zero-order chi connectivity index (χ0) is 27.1. The standard InChI is InChI=1S/C29H32N4O4S/c1-20-12-13-23(17-21(20)2)31-26(35)19-33-24-14-16-38-27(24)28(36)32(29(33)37)15-8-4-7-11-25(34)30-18-22-9-5-3-6-10-22/h3,5-6,9-10,12-14,16-17H,4,7-8,11,15,18-19H2,1-2H3,(H,30,34)(H,31,35). The van der Waals surface area contributed by atoms with E-state index in [0.717, 1.165) is 16.7 Å². The van der Waals surface area contributed by atoms with Gasteiger partial charge in [0.2, 0.25) is 11.8 Å². The van der Waals surface area contributed by atoms with Crippen molar-refractivity contribution >= 4 is 39.1 Å². The highest BCUT2D eigenvalue weighted by Crippen LogP contribution is 2.17. The van der Waals surface area contributed by atoms with Gasteiger partial charge in [0.25, 0.3) is 5.56 Å². The van der Waals surface area contributed by atoms with Gasteiger partial charge in [-0.3, -0.25) is 23.5 Å². The van der Waals surface area contributed by atoms with Gasteiger partial charge in [0.15, 0.2) is 0 Å². The van der Waals surface area contributed by atoms with Crippen LogP contribution in [0.5, 0.6) is 0 Å². The number of nitrogens with zero attached hydrogens (tertiary/aromatic N) is 2. The van der Waals surface area contributed by atoms with Gasteiger partial charge in [-0.05, 0) is 67.0 Å². The normalized spacial score (nSPS) is 11.0. The highest BCUT2D eigenvalue weighted by atomic mass is 32.1. The van der Waals surface area contributed by atoms with Crippen LogP contribution in [0, 0.1) is 13.8 Å². The average molecular weight is 533 g/mol. The number of fused-ring (bicyclic) bond motifs is 1. The SMILES string of the molecule is Cc1ccc(NC(=O)Cn2c(=O)n(CCCCCC(=O)NCc3ccccc3)c(=O)c3sccc32)cc1C. The molecule has 4 rings (SSSR count).